The van der Waals surface area contributed by atoms with Gasteiger partial charge in [-0.05, 0) is 19.8 Å². The minimum atomic E-state index is 0.105. The lowest BCUT2D eigenvalue weighted by Crippen LogP contribution is -2.44. The first-order valence-corrected chi connectivity index (χ1v) is 8.61. The Kier molecular flexibility index (Phi) is 6.65. The van der Waals surface area contributed by atoms with Gasteiger partial charge < -0.3 is 10.6 Å². The molecule has 0 fully saturated rings. The zero-order valence-electron chi connectivity index (χ0n) is 14.4. The first-order chi connectivity index (χ1) is 9.74. The van der Waals surface area contributed by atoms with E-state index in [1.807, 2.05) is 0 Å². The van der Waals surface area contributed by atoms with Crippen LogP contribution in [-0.2, 0) is 12.0 Å². The van der Waals surface area contributed by atoms with Gasteiger partial charge in [-0.2, -0.15) is 0 Å². The Morgan fingerprint density at radius 1 is 1.33 bits per heavy atom. The predicted molar refractivity (Wildman–Crippen MR) is 93.1 cm³/mol. The number of nitrogens with zero attached hydrogens (tertiary/aromatic N) is 2. The maximum Gasteiger partial charge on any atom is 0.191 e. The van der Waals surface area contributed by atoms with Crippen LogP contribution in [0.25, 0.3) is 0 Å². The van der Waals surface area contributed by atoms with Crippen molar-refractivity contribution >= 4 is 17.3 Å². The van der Waals surface area contributed by atoms with Gasteiger partial charge in [-0.1, -0.05) is 34.6 Å². The van der Waals surface area contributed by atoms with Crippen molar-refractivity contribution in [3.05, 3.63) is 16.1 Å². The number of rotatable bonds is 5. The molecular weight excluding hydrogens is 280 g/mol. The molecule has 1 rings (SSSR count). The zero-order chi connectivity index (χ0) is 16.0. The molecule has 0 amide bonds. The Labute approximate surface area is 133 Å². The van der Waals surface area contributed by atoms with Gasteiger partial charge >= 0.3 is 0 Å². The predicted octanol–water partition coefficient (Wildman–Crippen LogP) is 3.54. The molecule has 0 saturated heterocycles. The molecule has 1 aromatic rings. The standard InChI is InChI=1S/C16H30N4S/c1-8-17-15(19-12(4)11(2)3)18-9-14-20-13(10-21-14)16(5,6)7/h10-12H,8-9H2,1-7H3,(H2,17,18,19). The highest BCUT2D eigenvalue weighted by Gasteiger charge is 2.17. The smallest absolute Gasteiger partial charge is 0.191 e. The summed E-state index contributed by atoms with van der Waals surface area (Å²) < 4.78 is 0. The van der Waals surface area contributed by atoms with Gasteiger partial charge in [-0.25, -0.2) is 9.98 Å². The van der Waals surface area contributed by atoms with Crippen LogP contribution in [0.3, 0.4) is 0 Å². The van der Waals surface area contributed by atoms with Crippen LogP contribution in [-0.4, -0.2) is 23.5 Å². The number of thiazole rings is 1. The average molecular weight is 311 g/mol. The van der Waals surface area contributed by atoms with Gasteiger partial charge in [-0.3, -0.25) is 0 Å². The van der Waals surface area contributed by atoms with Crippen molar-refractivity contribution in [3.63, 3.8) is 0 Å². The summed E-state index contributed by atoms with van der Waals surface area (Å²) in [6.45, 7) is 16.7. The van der Waals surface area contributed by atoms with E-state index in [1.165, 1.54) is 0 Å². The van der Waals surface area contributed by atoms with Crippen LogP contribution in [0.2, 0.25) is 0 Å². The molecule has 0 radical (unpaired) electrons. The maximum atomic E-state index is 4.68. The lowest BCUT2D eigenvalue weighted by Gasteiger charge is -2.20. The van der Waals surface area contributed by atoms with Gasteiger partial charge in [0, 0.05) is 23.4 Å². The highest BCUT2D eigenvalue weighted by atomic mass is 32.1. The second kappa shape index (κ2) is 7.78. The minimum absolute atomic E-state index is 0.105. The normalized spacial score (nSPS) is 14.4. The summed E-state index contributed by atoms with van der Waals surface area (Å²) in [6, 6.07) is 0.393. The van der Waals surface area contributed by atoms with E-state index < -0.39 is 0 Å². The van der Waals surface area contributed by atoms with Crippen LogP contribution in [0.1, 0.15) is 59.2 Å². The summed E-state index contributed by atoms with van der Waals surface area (Å²) in [4.78, 5) is 9.33. The molecule has 1 atom stereocenters. The van der Waals surface area contributed by atoms with Gasteiger partial charge in [0.25, 0.3) is 0 Å². The number of aliphatic imine (C=N–C) groups is 1. The molecule has 5 heteroatoms. The molecule has 1 unspecified atom stereocenters. The SMILES string of the molecule is CCNC(=NCc1nc(C(C)(C)C)cs1)NC(C)C(C)C. The van der Waals surface area contributed by atoms with E-state index in [2.05, 4.69) is 74.5 Å². The quantitative estimate of drug-likeness (QED) is 0.646. The molecule has 2 N–H and O–H groups in total. The molecule has 0 aliphatic carbocycles. The topological polar surface area (TPSA) is 49.3 Å². The molecule has 0 aliphatic heterocycles. The number of guanidine groups is 1. The van der Waals surface area contributed by atoms with Crippen LogP contribution in [0.5, 0.6) is 0 Å². The molecule has 0 bridgehead atoms. The van der Waals surface area contributed by atoms with Crippen LogP contribution < -0.4 is 10.6 Å². The molecule has 1 aromatic heterocycles. The summed E-state index contributed by atoms with van der Waals surface area (Å²) >= 11 is 1.69. The van der Waals surface area contributed by atoms with Gasteiger partial charge in [0.1, 0.15) is 5.01 Å². The molecule has 21 heavy (non-hydrogen) atoms. The van der Waals surface area contributed by atoms with Crippen molar-refractivity contribution in [1.82, 2.24) is 15.6 Å². The average Bonchev–Trinajstić information content (AvgIpc) is 2.84. The summed E-state index contributed by atoms with van der Waals surface area (Å²) in [7, 11) is 0. The molecule has 0 spiro atoms. The number of hydrogen-bond donors (Lipinski definition) is 2. The Morgan fingerprint density at radius 3 is 2.48 bits per heavy atom. The van der Waals surface area contributed by atoms with E-state index in [9.17, 15) is 0 Å². The summed E-state index contributed by atoms with van der Waals surface area (Å²) in [5.41, 5.74) is 1.25. The van der Waals surface area contributed by atoms with Crippen molar-refractivity contribution < 1.29 is 0 Å². The monoisotopic (exact) mass is 310 g/mol. The number of nitrogens with one attached hydrogen (secondary N) is 2. The summed E-state index contributed by atoms with van der Waals surface area (Å²) in [6.07, 6.45) is 0. The molecule has 1 heterocycles. The van der Waals surface area contributed by atoms with E-state index in [0.29, 0.717) is 18.5 Å². The largest absolute Gasteiger partial charge is 0.357 e. The van der Waals surface area contributed by atoms with Crippen LogP contribution in [0.4, 0.5) is 0 Å². The Bertz CT molecular complexity index is 457. The van der Waals surface area contributed by atoms with Gasteiger partial charge in [0.05, 0.1) is 12.2 Å². The third-order valence-electron chi connectivity index (χ3n) is 3.40. The minimum Gasteiger partial charge on any atom is -0.357 e. The fraction of sp³-hybridized carbons (Fsp3) is 0.750. The van der Waals surface area contributed by atoms with E-state index in [1.54, 1.807) is 11.3 Å². The fourth-order valence-electron chi connectivity index (χ4n) is 1.58. The zero-order valence-corrected chi connectivity index (χ0v) is 15.3. The molecule has 0 aromatic carbocycles. The van der Waals surface area contributed by atoms with Crippen LogP contribution in [0.15, 0.2) is 10.4 Å². The van der Waals surface area contributed by atoms with E-state index in [-0.39, 0.29) is 5.41 Å². The Hall–Kier alpha value is -1.10. The lowest BCUT2D eigenvalue weighted by molar-refractivity contribution is 0.481. The van der Waals surface area contributed by atoms with Crippen molar-refractivity contribution in [2.45, 2.75) is 66.5 Å². The fourth-order valence-corrected chi connectivity index (χ4v) is 2.52. The van der Waals surface area contributed by atoms with E-state index in [0.717, 1.165) is 23.2 Å². The molecule has 120 valence electrons. The second-order valence-corrected chi connectivity index (χ2v) is 7.69. The van der Waals surface area contributed by atoms with Crippen LogP contribution in [0, 0.1) is 5.92 Å². The van der Waals surface area contributed by atoms with Crippen molar-refractivity contribution in [2.24, 2.45) is 10.9 Å². The maximum absolute atomic E-state index is 4.68. The molecule has 4 nitrogen and oxygen atoms in total. The highest BCUT2D eigenvalue weighted by molar-refractivity contribution is 7.09. The van der Waals surface area contributed by atoms with E-state index in [4.69, 9.17) is 0 Å². The summed E-state index contributed by atoms with van der Waals surface area (Å²) in [5, 5.41) is 9.94. The Balaban J connectivity index is 2.71. The molecule has 0 aliphatic rings. The first kappa shape index (κ1) is 18.0. The van der Waals surface area contributed by atoms with Gasteiger partial charge in [0.15, 0.2) is 5.96 Å². The van der Waals surface area contributed by atoms with Crippen molar-refractivity contribution in [1.29, 1.82) is 0 Å². The Morgan fingerprint density at radius 2 is 2.00 bits per heavy atom. The third kappa shape index (κ3) is 6.04. The molecule has 0 saturated carbocycles. The summed E-state index contributed by atoms with van der Waals surface area (Å²) in [5.74, 6) is 1.44. The van der Waals surface area contributed by atoms with Crippen molar-refractivity contribution in [2.75, 3.05) is 6.54 Å². The second-order valence-electron chi connectivity index (χ2n) is 6.75. The number of aromatic nitrogens is 1. The van der Waals surface area contributed by atoms with E-state index >= 15 is 0 Å². The number of hydrogen-bond acceptors (Lipinski definition) is 3. The molecular formula is C16H30N4S. The van der Waals surface area contributed by atoms with Gasteiger partial charge in [0.2, 0.25) is 0 Å². The third-order valence-corrected chi connectivity index (χ3v) is 4.23. The first-order valence-electron chi connectivity index (χ1n) is 7.73. The lowest BCUT2D eigenvalue weighted by atomic mass is 9.93. The highest BCUT2D eigenvalue weighted by Crippen LogP contribution is 2.24. The van der Waals surface area contributed by atoms with Gasteiger partial charge in [-0.15, -0.1) is 11.3 Å². The van der Waals surface area contributed by atoms with Crippen LogP contribution >= 0.6 is 11.3 Å². The van der Waals surface area contributed by atoms with Crippen molar-refractivity contribution in [3.8, 4) is 0 Å².